The molecule has 0 aromatic rings. The summed E-state index contributed by atoms with van der Waals surface area (Å²) in [6.07, 6.45) is 18.3. The molecule has 0 N–H and O–H groups in total. The van der Waals surface area contributed by atoms with Crippen molar-refractivity contribution in [2.24, 2.45) is 5.92 Å². The molecule has 0 heterocycles. The molecule has 0 aliphatic heterocycles. The smallest absolute Gasteiger partial charge is 0.330 e. The Hall–Kier alpha value is 0.110. The third-order valence-electron chi connectivity index (χ3n) is 5.52. The fraction of sp³-hybridized carbons (Fsp3) is 1.00. The van der Waals surface area contributed by atoms with Crippen molar-refractivity contribution in [3.05, 3.63) is 0 Å². The maximum absolute atomic E-state index is 13.2. The lowest BCUT2D eigenvalue weighted by atomic mass is 10.0. The lowest BCUT2D eigenvalue weighted by Gasteiger charge is -2.22. The van der Waals surface area contributed by atoms with Gasteiger partial charge in [0.1, 0.15) is 0 Å². The van der Waals surface area contributed by atoms with Crippen LogP contribution >= 0.6 is 7.60 Å². The minimum absolute atomic E-state index is 0.404. The molecule has 2 atom stereocenters. The summed E-state index contributed by atoms with van der Waals surface area (Å²) in [5, 5.41) is 0. The van der Waals surface area contributed by atoms with E-state index in [2.05, 4.69) is 20.8 Å². The van der Waals surface area contributed by atoms with E-state index in [9.17, 15) is 4.57 Å². The lowest BCUT2D eigenvalue weighted by Crippen LogP contribution is -2.13. The van der Waals surface area contributed by atoms with Crippen LogP contribution in [-0.2, 0) is 18.3 Å². The Labute approximate surface area is 182 Å². The standard InChI is InChI=1S/C24H51O4P/c1-5-8-11-12-13-14-15-16-17-20-27-29(25,22-10-7-3)28-23-24(18-9-6-2)19-21-26-4/h24H,5-23H2,1-4H3. The Morgan fingerprint density at radius 2 is 1.24 bits per heavy atom. The van der Waals surface area contributed by atoms with Crippen molar-refractivity contribution in [2.75, 3.05) is 33.1 Å². The predicted octanol–water partition coefficient (Wildman–Crippen LogP) is 8.39. The van der Waals surface area contributed by atoms with Crippen LogP contribution in [0.15, 0.2) is 0 Å². The van der Waals surface area contributed by atoms with Gasteiger partial charge in [-0.15, -0.1) is 0 Å². The molecule has 0 aromatic heterocycles. The second-order valence-corrected chi connectivity index (χ2v) is 10.6. The first-order valence-electron chi connectivity index (χ1n) is 12.5. The fourth-order valence-corrected chi connectivity index (χ4v) is 5.32. The number of hydrogen-bond donors (Lipinski definition) is 0. The molecule has 0 saturated heterocycles. The number of hydrogen-bond acceptors (Lipinski definition) is 4. The Kier molecular flexibility index (Phi) is 21.4. The van der Waals surface area contributed by atoms with E-state index in [1.807, 2.05) is 0 Å². The zero-order valence-electron chi connectivity index (χ0n) is 20.1. The Bertz CT molecular complexity index is 368. The van der Waals surface area contributed by atoms with Gasteiger partial charge >= 0.3 is 7.60 Å². The SMILES string of the molecule is CCCCCCCCCCCOP(=O)(CCCC)OCC(CCCC)CCOC. The second kappa shape index (κ2) is 21.3. The molecule has 0 amide bonds. The van der Waals surface area contributed by atoms with Gasteiger partial charge in [-0.05, 0) is 31.6 Å². The van der Waals surface area contributed by atoms with Crippen molar-refractivity contribution in [3.8, 4) is 0 Å². The van der Waals surface area contributed by atoms with E-state index in [1.165, 1.54) is 57.8 Å². The van der Waals surface area contributed by atoms with E-state index in [-0.39, 0.29) is 0 Å². The highest BCUT2D eigenvalue weighted by atomic mass is 31.2. The van der Waals surface area contributed by atoms with Crippen molar-refractivity contribution < 1.29 is 18.3 Å². The number of rotatable bonds is 23. The molecule has 0 aromatic carbocycles. The van der Waals surface area contributed by atoms with Crippen molar-refractivity contribution in [1.82, 2.24) is 0 Å². The highest BCUT2D eigenvalue weighted by Crippen LogP contribution is 2.49. The molecule has 176 valence electrons. The molecule has 2 unspecified atom stereocenters. The van der Waals surface area contributed by atoms with Crippen LogP contribution in [0.5, 0.6) is 0 Å². The predicted molar refractivity (Wildman–Crippen MR) is 126 cm³/mol. The minimum Gasteiger partial charge on any atom is -0.385 e. The van der Waals surface area contributed by atoms with E-state index in [1.54, 1.807) is 7.11 Å². The van der Waals surface area contributed by atoms with E-state index in [0.29, 0.717) is 25.3 Å². The molecular formula is C24H51O4P. The molecule has 0 aliphatic rings. The van der Waals surface area contributed by atoms with Crippen molar-refractivity contribution >= 4 is 7.60 Å². The maximum atomic E-state index is 13.2. The van der Waals surface area contributed by atoms with Crippen LogP contribution in [0, 0.1) is 5.92 Å². The molecular weight excluding hydrogens is 383 g/mol. The molecule has 0 bridgehead atoms. The summed E-state index contributed by atoms with van der Waals surface area (Å²) < 4.78 is 30.2. The summed E-state index contributed by atoms with van der Waals surface area (Å²) in [5.41, 5.74) is 0. The third kappa shape index (κ3) is 18.6. The Morgan fingerprint density at radius 1 is 0.655 bits per heavy atom. The van der Waals surface area contributed by atoms with Crippen molar-refractivity contribution in [3.63, 3.8) is 0 Å². The van der Waals surface area contributed by atoms with E-state index in [4.69, 9.17) is 13.8 Å². The molecule has 5 heteroatoms. The molecule has 0 aliphatic carbocycles. The molecule has 0 rings (SSSR count). The van der Waals surface area contributed by atoms with Crippen LogP contribution in [0.4, 0.5) is 0 Å². The highest BCUT2D eigenvalue weighted by molar-refractivity contribution is 7.53. The van der Waals surface area contributed by atoms with Gasteiger partial charge in [-0.25, -0.2) is 0 Å². The summed E-state index contributed by atoms with van der Waals surface area (Å²) in [6, 6.07) is 0. The van der Waals surface area contributed by atoms with E-state index < -0.39 is 7.60 Å². The van der Waals surface area contributed by atoms with Crippen molar-refractivity contribution in [2.45, 2.75) is 117 Å². The summed E-state index contributed by atoms with van der Waals surface area (Å²) >= 11 is 0. The van der Waals surface area contributed by atoms with Crippen LogP contribution in [0.2, 0.25) is 0 Å². The van der Waals surface area contributed by atoms with E-state index >= 15 is 0 Å². The Morgan fingerprint density at radius 3 is 1.83 bits per heavy atom. The zero-order chi connectivity index (χ0) is 21.6. The summed E-state index contributed by atoms with van der Waals surface area (Å²) in [7, 11) is -1.23. The van der Waals surface area contributed by atoms with E-state index in [0.717, 1.165) is 45.1 Å². The monoisotopic (exact) mass is 434 g/mol. The first kappa shape index (κ1) is 29.1. The van der Waals surface area contributed by atoms with Gasteiger partial charge in [0.05, 0.1) is 19.4 Å². The first-order chi connectivity index (χ1) is 14.1. The zero-order valence-corrected chi connectivity index (χ0v) is 21.0. The van der Waals surface area contributed by atoms with Crippen LogP contribution in [0.25, 0.3) is 0 Å². The average Bonchev–Trinajstić information content (AvgIpc) is 2.73. The molecule has 0 fully saturated rings. The van der Waals surface area contributed by atoms with Crippen LogP contribution < -0.4 is 0 Å². The summed E-state index contributed by atoms with van der Waals surface area (Å²) in [4.78, 5) is 0. The minimum atomic E-state index is -2.97. The quantitative estimate of drug-likeness (QED) is 0.120. The van der Waals surface area contributed by atoms with Gasteiger partial charge < -0.3 is 13.8 Å². The van der Waals surface area contributed by atoms with Crippen LogP contribution in [-0.4, -0.2) is 33.1 Å². The molecule has 0 spiro atoms. The lowest BCUT2D eigenvalue weighted by molar-refractivity contribution is 0.134. The van der Waals surface area contributed by atoms with Gasteiger partial charge in [0.15, 0.2) is 0 Å². The van der Waals surface area contributed by atoms with Gasteiger partial charge in [0.25, 0.3) is 0 Å². The molecule has 0 saturated carbocycles. The maximum Gasteiger partial charge on any atom is 0.330 e. The highest BCUT2D eigenvalue weighted by Gasteiger charge is 2.25. The Balaban J connectivity index is 4.16. The number of unbranched alkanes of at least 4 members (excludes halogenated alkanes) is 10. The molecule has 4 nitrogen and oxygen atoms in total. The number of ether oxygens (including phenoxy) is 1. The van der Waals surface area contributed by atoms with Gasteiger partial charge in [-0.1, -0.05) is 91.4 Å². The largest absolute Gasteiger partial charge is 0.385 e. The van der Waals surface area contributed by atoms with Gasteiger partial charge in [0, 0.05) is 13.7 Å². The van der Waals surface area contributed by atoms with Crippen molar-refractivity contribution in [1.29, 1.82) is 0 Å². The molecule has 0 radical (unpaired) electrons. The van der Waals surface area contributed by atoms with Gasteiger partial charge in [-0.2, -0.15) is 0 Å². The fourth-order valence-electron chi connectivity index (χ4n) is 3.44. The summed E-state index contributed by atoms with van der Waals surface area (Å²) in [5.74, 6) is 0.404. The first-order valence-corrected chi connectivity index (χ1v) is 14.2. The van der Waals surface area contributed by atoms with Gasteiger partial charge in [-0.3, -0.25) is 4.57 Å². The second-order valence-electron chi connectivity index (χ2n) is 8.44. The normalized spacial score (nSPS) is 14.8. The molecule has 29 heavy (non-hydrogen) atoms. The number of methoxy groups -OCH3 is 1. The van der Waals surface area contributed by atoms with Gasteiger partial charge in [0.2, 0.25) is 0 Å². The van der Waals surface area contributed by atoms with Crippen LogP contribution in [0.1, 0.15) is 117 Å². The summed E-state index contributed by atoms with van der Waals surface area (Å²) in [6.45, 7) is 8.41. The van der Waals surface area contributed by atoms with Crippen LogP contribution in [0.3, 0.4) is 0 Å². The third-order valence-corrected chi connectivity index (χ3v) is 7.51. The topological polar surface area (TPSA) is 44.8 Å². The average molecular weight is 435 g/mol.